The first-order valence-electron chi connectivity index (χ1n) is 9.73. The Bertz CT molecular complexity index is 1010. The molecule has 152 valence electrons. The number of hydrogen-bond donors (Lipinski definition) is 2. The maximum Gasteiger partial charge on any atom is 0.255 e. The van der Waals surface area contributed by atoms with Crippen LogP contribution in [0.5, 0.6) is 0 Å². The molecule has 0 spiro atoms. The summed E-state index contributed by atoms with van der Waals surface area (Å²) in [5.74, 6) is -0.113. The minimum Gasteiger partial charge on any atom is -0.322 e. The zero-order valence-corrected chi connectivity index (χ0v) is 17.4. The van der Waals surface area contributed by atoms with Gasteiger partial charge in [-0.1, -0.05) is 18.6 Å². The minimum atomic E-state index is -3.31. The fourth-order valence-electron chi connectivity index (χ4n) is 3.56. The van der Waals surface area contributed by atoms with Crippen LogP contribution in [0.3, 0.4) is 0 Å². The number of carbonyl (C=O) groups excluding carboxylic acids is 1. The molecule has 0 unspecified atom stereocenters. The number of nitriles is 1. The number of hydrogen-bond acceptors (Lipinski definition) is 4. The van der Waals surface area contributed by atoms with Crippen molar-refractivity contribution in [2.24, 2.45) is 0 Å². The predicted molar refractivity (Wildman–Crippen MR) is 113 cm³/mol. The number of nitrogens with one attached hydrogen (secondary N) is 2. The lowest BCUT2D eigenvalue weighted by molar-refractivity contribution is 0.102. The van der Waals surface area contributed by atoms with Crippen LogP contribution < -0.4 is 10.0 Å². The van der Waals surface area contributed by atoms with Gasteiger partial charge in [-0.25, -0.2) is 13.1 Å². The van der Waals surface area contributed by atoms with Gasteiger partial charge in [-0.2, -0.15) is 5.26 Å². The van der Waals surface area contributed by atoms with E-state index in [1.54, 1.807) is 38.1 Å². The molecule has 1 amide bonds. The summed E-state index contributed by atoms with van der Waals surface area (Å²) in [6, 6.07) is 15.9. The Hall–Kier alpha value is -2.69. The fourth-order valence-corrected chi connectivity index (χ4v) is 4.54. The fraction of sp³-hybridized carbons (Fsp3) is 0.364. The lowest BCUT2D eigenvalue weighted by atomic mass is 9.94. The van der Waals surface area contributed by atoms with E-state index in [2.05, 4.69) is 10.0 Å². The van der Waals surface area contributed by atoms with E-state index in [-0.39, 0.29) is 17.9 Å². The molecule has 29 heavy (non-hydrogen) atoms. The van der Waals surface area contributed by atoms with Crippen LogP contribution in [0.2, 0.25) is 0 Å². The third-order valence-electron chi connectivity index (χ3n) is 5.33. The van der Waals surface area contributed by atoms with Crippen LogP contribution in [0.1, 0.15) is 60.5 Å². The number of sulfonamides is 1. The molecule has 2 atom stereocenters. The number of benzene rings is 2. The average Bonchev–Trinajstić information content (AvgIpc) is 3.16. The number of nitrogens with zero attached hydrogens (tertiary/aromatic N) is 1. The van der Waals surface area contributed by atoms with Crippen molar-refractivity contribution in [2.45, 2.75) is 50.3 Å². The van der Waals surface area contributed by atoms with E-state index in [9.17, 15) is 13.2 Å². The van der Waals surface area contributed by atoms with Gasteiger partial charge in [-0.3, -0.25) is 4.79 Å². The number of rotatable bonds is 6. The van der Waals surface area contributed by atoms with Crippen molar-refractivity contribution >= 4 is 21.6 Å². The molecular formula is C22H25N3O3S. The van der Waals surface area contributed by atoms with Gasteiger partial charge in [-0.05, 0) is 68.7 Å². The second kappa shape index (κ2) is 8.76. The van der Waals surface area contributed by atoms with Gasteiger partial charge in [0.05, 0.1) is 16.9 Å². The van der Waals surface area contributed by atoms with Crippen molar-refractivity contribution in [1.29, 1.82) is 5.26 Å². The highest BCUT2D eigenvalue weighted by atomic mass is 32.2. The van der Waals surface area contributed by atoms with E-state index in [1.165, 1.54) is 0 Å². The summed E-state index contributed by atoms with van der Waals surface area (Å²) in [4.78, 5) is 12.4. The summed E-state index contributed by atoms with van der Waals surface area (Å²) >= 11 is 0. The van der Waals surface area contributed by atoms with Gasteiger partial charge in [0, 0.05) is 23.2 Å². The molecule has 0 aliphatic heterocycles. The molecule has 0 bridgehead atoms. The van der Waals surface area contributed by atoms with E-state index in [0.717, 1.165) is 24.8 Å². The molecule has 0 saturated heterocycles. The topological polar surface area (TPSA) is 99.1 Å². The van der Waals surface area contributed by atoms with Crippen LogP contribution in [-0.2, 0) is 10.0 Å². The summed E-state index contributed by atoms with van der Waals surface area (Å²) in [6.07, 6.45) is 2.74. The normalized spacial score (nSPS) is 19.1. The second-order valence-electron chi connectivity index (χ2n) is 7.62. The molecule has 1 aliphatic carbocycles. The van der Waals surface area contributed by atoms with Gasteiger partial charge in [0.25, 0.3) is 5.91 Å². The van der Waals surface area contributed by atoms with Crippen molar-refractivity contribution in [2.75, 3.05) is 5.32 Å². The SMILES string of the molecule is CC(C)S(=O)(=O)N[C@H]1CCC[C@H]1c1ccc(NC(=O)c2ccc(C#N)cc2)cc1. The van der Waals surface area contributed by atoms with Gasteiger partial charge in [0.1, 0.15) is 0 Å². The van der Waals surface area contributed by atoms with Gasteiger partial charge >= 0.3 is 0 Å². The maximum atomic E-state index is 12.4. The van der Waals surface area contributed by atoms with E-state index in [1.807, 2.05) is 30.3 Å². The van der Waals surface area contributed by atoms with Crippen LogP contribution >= 0.6 is 0 Å². The van der Waals surface area contributed by atoms with E-state index in [4.69, 9.17) is 5.26 Å². The third kappa shape index (κ3) is 5.03. The molecule has 0 heterocycles. The first kappa shape index (κ1) is 21.0. The molecule has 1 fully saturated rings. The molecule has 0 aromatic heterocycles. The van der Waals surface area contributed by atoms with Gasteiger partial charge < -0.3 is 5.32 Å². The first-order chi connectivity index (χ1) is 13.8. The highest BCUT2D eigenvalue weighted by Gasteiger charge is 2.32. The van der Waals surface area contributed by atoms with Gasteiger partial charge in [-0.15, -0.1) is 0 Å². The molecule has 2 aromatic rings. The zero-order chi connectivity index (χ0) is 21.0. The first-order valence-corrected chi connectivity index (χ1v) is 11.3. The summed E-state index contributed by atoms with van der Waals surface area (Å²) in [5, 5.41) is 11.2. The molecule has 2 aromatic carbocycles. The van der Waals surface area contributed by atoms with E-state index < -0.39 is 15.3 Å². The highest BCUT2D eigenvalue weighted by Crippen LogP contribution is 2.35. The van der Waals surface area contributed by atoms with Crippen molar-refractivity contribution in [3.05, 3.63) is 65.2 Å². The summed E-state index contributed by atoms with van der Waals surface area (Å²) < 4.78 is 27.3. The van der Waals surface area contributed by atoms with Gasteiger partial charge in [0.15, 0.2) is 0 Å². The number of carbonyl (C=O) groups is 1. The molecule has 0 radical (unpaired) electrons. The maximum absolute atomic E-state index is 12.4. The Kier molecular flexibility index (Phi) is 6.36. The van der Waals surface area contributed by atoms with Crippen LogP contribution in [0.25, 0.3) is 0 Å². The Morgan fingerprint density at radius 2 is 1.72 bits per heavy atom. The Morgan fingerprint density at radius 3 is 2.31 bits per heavy atom. The molecule has 6 nitrogen and oxygen atoms in total. The summed E-state index contributed by atoms with van der Waals surface area (Å²) in [6.45, 7) is 3.36. The molecule has 1 saturated carbocycles. The second-order valence-corrected chi connectivity index (χ2v) is 9.89. The summed E-state index contributed by atoms with van der Waals surface area (Å²) in [7, 11) is -3.31. The quantitative estimate of drug-likeness (QED) is 0.756. The third-order valence-corrected chi connectivity index (χ3v) is 7.20. The predicted octanol–water partition coefficient (Wildman–Crippen LogP) is 3.77. The van der Waals surface area contributed by atoms with E-state index in [0.29, 0.717) is 16.8 Å². The molecule has 7 heteroatoms. The Morgan fingerprint density at radius 1 is 1.07 bits per heavy atom. The van der Waals surface area contributed by atoms with Crippen molar-refractivity contribution in [3.63, 3.8) is 0 Å². The van der Waals surface area contributed by atoms with Gasteiger partial charge in [0.2, 0.25) is 10.0 Å². The number of amides is 1. The summed E-state index contributed by atoms with van der Waals surface area (Å²) in [5.41, 5.74) is 2.72. The average molecular weight is 412 g/mol. The monoisotopic (exact) mass is 411 g/mol. The van der Waals surface area contributed by atoms with E-state index >= 15 is 0 Å². The number of anilines is 1. The standard InChI is InChI=1S/C22H25N3O3S/c1-15(2)29(27,28)25-21-5-3-4-20(21)17-10-12-19(13-11-17)24-22(26)18-8-6-16(14-23)7-9-18/h6-13,15,20-21,25H,3-5H2,1-2H3,(H,24,26)/t20-,21-/m0/s1. The van der Waals surface area contributed by atoms with Crippen molar-refractivity contribution in [1.82, 2.24) is 4.72 Å². The minimum absolute atomic E-state index is 0.0958. The Labute approximate surface area is 172 Å². The largest absolute Gasteiger partial charge is 0.322 e. The smallest absolute Gasteiger partial charge is 0.255 e. The van der Waals surface area contributed by atoms with Crippen molar-refractivity contribution < 1.29 is 13.2 Å². The van der Waals surface area contributed by atoms with Crippen LogP contribution in [0, 0.1) is 11.3 Å². The highest BCUT2D eigenvalue weighted by molar-refractivity contribution is 7.90. The van der Waals surface area contributed by atoms with Crippen LogP contribution in [-0.4, -0.2) is 25.6 Å². The Balaban J connectivity index is 1.67. The van der Waals surface area contributed by atoms with Crippen LogP contribution in [0.15, 0.2) is 48.5 Å². The molecule has 3 rings (SSSR count). The molecule has 2 N–H and O–H groups in total. The van der Waals surface area contributed by atoms with Crippen molar-refractivity contribution in [3.8, 4) is 6.07 Å². The lowest BCUT2D eigenvalue weighted by Crippen LogP contribution is -2.40. The van der Waals surface area contributed by atoms with Crippen LogP contribution in [0.4, 0.5) is 5.69 Å². The molecule has 1 aliphatic rings. The molecular weight excluding hydrogens is 386 g/mol. The zero-order valence-electron chi connectivity index (χ0n) is 16.6. The lowest BCUT2D eigenvalue weighted by Gasteiger charge is -2.23.